The number of piperidine rings is 1. The molecule has 32 heavy (non-hydrogen) atoms. The number of carbonyl (C=O) groups is 2. The minimum absolute atomic E-state index is 0.0651. The number of rotatable bonds is 8. The molecule has 1 aromatic carbocycles. The molecule has 8 heteroatoms. The fraction of sp³-hybridized carbons (Fsp3) is 0.500. The Morgan fingerprint density at radius 2 is 1.75 bits per heavy atom. The lowest BCUT2D eigenvalue weighted by atomic mass is 9.96. The summed E-state index contributed by atoms with van der Waals surface area (Å²) < 4.78 is 0. The number of anilines is 2. The summed E-state index contributed by atoms with van der Waals surface area (Å²) in [5.74, 6) is 1.82. The summed E-state index contributed by atoms with van der Waals surface area (Å²) in [6.45, 7) is 5.91. The first-order chi connectivity index (χ1) is 15.5. The van der Waals surface area contributed by atoms with Gasteiger partial charge >= 0.3 is 0 Å². The summed E-state index contributed by atoms with van der Waals surface area (Å²) in [6.07, 6.45) is 3.93. The van der Waals surface area contributed by atoms with Crippen molar-refractivity contribution < 1.29 is 9.59 Å². The van der Waals surface area contributed by atoms with E-state index in [0.717, 1.165) is 55.3 Å². The van der Waals surface area contributed by atoms with Gasteiger partial charge in [0, 0.05) is 30.7 Å². The van der Waals surface area contributed by atoms with Gasteiger partial charge in [0.25, 0.3) is 0 Å². The van der Waals surface area contributed by atoms with E-state index < -0.39 is 0 Å². The zero-order valence-corrected chi connectivity index (χ0v) is 19.5. The molecule has 2 amide bonds. The van der Waals surface area contributed by atoms with Crippen LogP contribution >= 0.6 is 11.8 Å². The number of nitrogens with zero attached hydrogens (tertiary/aromatic N) is 3. The van der Waals surface area contributed by atoms with Gasteiger partial charge in [0.15, 0.2) is 5.82 Å². The molecule has 2 heterocycles. The molecule has 2 N–H and O–H groups in total. The van der Waals surface area contributed by atoms with Crippen molar-refractivity contribution in [3.05, 3.63) is 42.0 Å². The van der Waals surface area contributed by atoms with Crippen LogP contribution in [0.4, 0.5) is 11.5 Å². The van der Waals surface area contributed by atoms with Gasteiger partial charge in [-0.3, -0.25) is 9.59 Å². The van der Waals surface area contributed by atoms with E-state index in [-0.39, 0.29) is 23.5 Å². The Kier molecular flexibility index (Phi) is 7.29. The van der Waals surface area contributed by atoms with Crippen molar-refractivity contribution in [2.75, 3.05) is 29.1 Å². The van der Waals surface area contributed by atoms with Gasteiger partial charge in [0.05, 0.1) is 5.75 Å². The monoisotopic (exact) mass is 453 g/mol. The van der Waals surface area contributed by atoms with Gasteiger partial charge in [-0.05, 0) is 61.4 Å². The molecule has 2 aromatic rings. The number of nitrogens with one attached hydrogen (secondary N) is 2. The molecular formula is C24H31N5O2S. The highest BCUT2D eigenvalue weighted by Gasteiger charge is 2.30. The van der Waals surface area contributed by atoms with Crippen LogP contribution in [0, 0.1) is 5.92 Å². The van der Waals surface area contributed by atoms with Crippen molar-refractivity contribution in [1.29, 1.82) is 0 Å². The molecule has 2 aliphatic rings. The molecule has 0 radical (unpaired) electrons. The summed E-state index contributed by atoms with van der Waals surface area (Å²) in [4.78, 5) is 26.7. The van der Waals surface area contributed by atoms with E-state index in [1.165, 1.54) is 17.3 Å². The standard InChI is InChI=1S/C24H31N5O2S/c1-16(2)17-3-5-19(6-4-17)25-22(30)15-32-23-10-9-21(27-28-23)29-13-11-18(12-14-29)24(31)26-20-7-8-20/h3-6,9-10,16,18,20H,7-8,11-15H2,1-2H3,(H,25,30)(H,26,31). The maximum absolute atomic E-state index is 12.3. The summed E-state index contributed by atoms with van der Waals surface area (Å²) in [7, 11) is 0. The van der Waals surface area contributed by atoms with Crippen LogP contribution < -0.4 is 15.5 Å². The number of benzene rings is 1. The SMILES string of the molecule is CC(C)c1ccc(NC(=O)CSc2ccc(N3CCC(C(=O)NC4CC4)CC3)nn2)cc1. The minimum Gasteiger partial charge on any atom is -0.355 e. The highest BCUT2D eigenvalue weighted by molar-refractivity contribution is 7.99. The third kappa shape index (κ3) is 6.22. The maximum Gasteiger partial charge on any atom is 0.234 e. The Labute approximate surface area is 193 Å². The summed E-state index contributed by atoms with van der Waals surface area (Å²) >= 11 is 1.37. The Hall–Kier alpha value is -2.61. The average Bonchev–Trinajstić information content (AvgIpc) is 3.62. The smallest absolute Gasteiger partial charge is 0.234 e. The number of hydrogen-bond acceptors (Lipinski definition) is 6. The highest BCUT2D eigenvalue weighted by atomic mass is 32.2. The largest absolute Gasteiger partial charge is 0.355 e. The number of carbonyl (C=O) groups excluding carboxylic acids is 2. The van der Waals surface area contributed by atoms with Gasteiger partial charge in [-0.25, -0.2) is 0 Å². The minimum atomic E-state index is -0.0651. The van der Waals surface area contributed by atoms with Gasteiger partial charge in [0.1, 0.15) is 5.03 Å². The van der Waals surface area contributed by atoms with Crippen molar-refractivity contribution in [2.24, 2.45) is 5.92 Å². The molecule has 1 aromatic heterocycles. The molecular weight excluding hydrogens is 422 g/mol. The van der Waals surface area contributed by atoms with Crippen LogP contribution in [0.15, 0.2) is 41.4 Å². The highest BCUT2D eigenvalue weighted by Crippen LogP contribution is 2.25. The third-order valence-electron chi connectivity index (χ3n) is 5.95. The molecule has 1 aliphatic carbocycles. The fourth-order valence-electron chi connectivity index (χ4n) is 3.76. The van der Waals surface area contributed by atoms with Gasteiger partial charge in [-0.15, -0.1) is 10.2 Å². The molecule has 7 nitrogen and oxygen atoms in total. The molecule has 1 saturated carbocycles. The van der Waals surface area contributed by atoms with Gasteiger partial charge in [-0.2, -0.15) is 0 Å². The predicted octanol–water partition coefficient (Wildman–Crippen LogP) is 3.83. The second-order valence-corrected chi connectivity index (χ2v) is 9.88. The van der Waals surface area contributed by atoms with E-state index in [0.29, 0.717) is 12.0 Å². The first-order valence-corrected chi connectivity index (χ1v) is 12.4. The summed E-state index contributed by atoms with van der Waals surface area (Å²) in [6, 6.07) is 12.2. The maximum atomic E-state index is 12.3. The van der Waals surface area contributed by atoms with Gasteiger partial charge in [-0.1, -0.05) is 37.7 Å². The van der Waals surface area contributed by atoms with E-state index >= 15 is 0 Å². The van der Waals surface area contributed by atoms with Crippen LogP contribution in [0.1, 0.15) is 51.0 Å². The normalized spacial score (nSPS) is 16.8. The molecule has 1 saturated heterocycles. The Balaban J connectivity index is 1.20. The van der Waals surface area contributed by atoms with E-state index in [2.05, 4.69) is 39.6 Å². The van der Waals surface area contributed by atoms with Crippen molar-refractivity contribution in [1.82, 2.24) is 15.5 Å². The fourth-order valence-corrected chi connectivity index (χ4v) is 4.38. The Morgan fingerprint density at radius 3 is 2.34 bits per heavy atom. The quantitative estimate of drug-likeness (QED) is 0.591. The zero-order valence-electron chi connectivity index (χ0n) is 18.7. The first-order valence-electron chi connectivity index (χ1n) is 11.4. The number of aromatic nitrogens is 2. The molecule has 0 unspecified atom stereocenters. The van der Waals surface area contributed by atoms with Crippen LogP contribution in [0.25, 0.3) is 0 Å². The van der Waals surface area contributed by atoms with Crippen LogP contribution in [-0.4, -0.2) is 46.9 Å². The molecule has 1 aliphatic heterocycles. The van der Waals surface area contributed by atoms with Gasteiger partial charge in [0.2, 0.25) is 11.8 Å². The molecule has 0 bridgehead atoms. The van der Waals surface area contributed by atoms with Crippen LogP contribution in [0.3, 0.4) is 0 Å². The van der Waals surface area contributed by atoms with Crippen LogP contribution in [-0.2, 0) is 9.59 Å². The predicted molar refractivity (Wildman–Crippen MR) is 128 cm³/mol. The second kappa shape index (κ2) is 10.3. The zero-order chi connectivity index (χ0) is 22.5. The lowest BCUT2D eigenvalue weighted by Gasteiger charge is -2.31. The summed E-state index contributed by atoms with van der Waals surface area (Å²) in [5, 5.41) is 15.4. The second-order valence-electron chi connectivity index (χ2n) is 8.89. The number of hydrogen-bond donors (Lipinski definition) is 2. The molecule has 170 valence electrons. The third-order valence-corrected chi connectivity index (χ3v) is 6.87. The summed E-state index contributed by atoms with van der Waals surface area (Å²) in [5.41, 5.74) is 2.05. The topological polar surface area (TPSA) is 87.2 Å². The Morgan fingerprint density at radius 1 is 1.03 bits per heavy atom. The van der Waals surface area contributed by atoms with Crippen LogP contribution in [0.5, 0.6) is 0 Å². The van der Waals surface area contributed by atoms with Gasteiger partial charge < -0.3 is 15.5 Å². The lowest BCUT2D eigenvalue weighted by molar-refractivity contribution is -0.125. The van der Waals surface area contributed by atoms with Crippen molar-refractivity contribution in [2.45, 2.75) is 56.5 Å². The number of amides is 2. The van der Waals surface area contributed by atoms with E-state index in [1.807, 2.05) is 36.4 Å². The molecule has 2 fully saturated rings. The number of thioether (sulfide) groups is 1. The van der Waals surface area contributed by atoms with Crippen LogP contribution in [0.2, 0.25) is 0 Å². The molecule has 0 spiro atoms. The molecule has 0 atom stereocenters. The van der Waals surface area contributed by atoms with E-state index in [1.54, 1.807) is 0 Å². The molecule has 4 rings (SSSR count). The van der Waals surface area contributed by atoms with Crippen molar-refractivity contribution in [3.63, 3.8) is 0 Å². The average molecular weight is 454 g/mol. The van der Waals surface area contributed by atoms with E-state index in [9.17, 15) is 9.59 Å². The lowest BCUT2D eigenvalue weighted by Crippen LogP contribution is -2.41. The van der Waals surface area contributed by atoms with E-state index in [4.69, 9.17) is 0 Å². The van der Waals surface area contributed by atoms with Crippen molar-refractivity contribution >= 4 is 35.1 Å². The Bertz CT molecular complexity index is 920. The first kappa shape index (κ1) is 22.6. The van der Waals surface area contributed by atoms with Crippen molar-refractivity contribution in [3.8, 4) is 0 Å².